The first kappa shape index (κ1) is 21.3. The minimum atomic E-state index is -1.61. The van der Waals surface area contributed by atoms with Gasteiger partial charge in [0.05, 0.1) is 0 Å². The van der Waals surface area contributed by atoms with Crippen LogP contribution in [0.25, 0.3) is 0 Å². The quantitative estimate of drug-likeness (QED) is 0.332. The summed E-state index contributed by atoms with van der Waals surface area (Å²) in [5.41, 5.74) is -0.707. The van der Waals surface area contributed by atoms with Crippen molar-refractivity contribution in [1.82, 2.24) is 0 Å². The van der Waals surface area contributed by atoms with E-state index in [-0.39, 0.29) is 0 Å². The predicted octanol–water partition coefficient (Wildman–Crippen LogP) is -2.41. The van der Waals surface area contributed by atoms with Gasteiger partial charge in [0.25, 0.3) is 0 Å². The van der Waals surface area contributed by atoms with E-state index in [4.69, 9.17) is 23.7 Å². The highest BCUT2D eigenvalue weighted by atomic mass is 32.2. The molecule has 11 heteroatoms. The van der Waals surface area contributed by atoms with Gasteiger partial charge < -0.3 is 49.2 Å². The number of aliphatic hydroxyl groups excluding tert-OH is 5. The van der Waals surface area contributed by atoms with Crippen molar-refractivity contribution in [3.05, 3.63) is 0 Å². The van der Waals surface area contributed by atoms with Crippen LogP contribution < -0.4 is 0 Å². The molecule has 0 aliphatic carbocycles. The van der Waals surface area contributed by atoms with Gasteiger partial charge in [-0.15, -0.1) is 11.8 Å². The highest BCUT2D eigenvalue weighted by Gasteiger charge is 2.51. The first-order valence-corrected chi connectivity index (χ1v) is 8.94. The van der Waals surface area contributed by atoms with Crippen LogP contribution in [0.3, 0.4) is 0 Å². The topological polar surface area (TPSA) is 147 Å². The molecule has 5 N–H and O–H groups in total. The average molecular weight is 386 g/mol. The lowest BCUT2D eigenvalue weighted by Gasteiger charge is -2.45. The maximum absolute atomic E-state index is 10.4. The van der Waals surface area contributed by atoms with Crippen LogP contribution in [0.1, 0.15) is 6.92 Å². The fourth-order valence-electron chi connectivity index (χ4n) is 2.72. The summed E-state index contributed by atoms with van der Waals surface area (Å²) in [5, 5.41) is 50.3. The second-order valence-corrected chi connectivity index (χ2v) is 7.10. The zero-order valence-corrected chi connectivity index (χ0v) is 15.0. The van der Waals surface area contributed by atoms with E-state index in [1.54, 1.807) is 0 Å². The standard InChI is InChI=1S/C14H26O10S/c1-4-25-14-9(19)6(16)10(13(21-3)24-14)22-12-8(18)5(15)7(17)11(20-2)23-12/h5-19H,4H2,1-3H3/t5-,6+,7?,8?,9?,10?,11-,12?,13-,14-/m0/s1. The summed E-state index contributed by atoms with van der Waals surface area (Å²) in [5.74, 6) is 0.653. The van der Waals surface area contributed by atoms with E-state index in [2.05, 4.69) is 0 Å². The Hall–Kier alpha value is -0.0500. The van der Waals surface area contributed by atoms with Crippen LogP contribution in [-0.4, -0.2) is 106 Å². The molecule has 25 heavy (non-hydrogen) atoms. The Morgan fingerprint density at radius 3 is 1.92 bits per heavy atom. The van der Waals surface area contributed by atoms with E-state index in [0.29, 0.717) is 5.75 Å². The van der Waals surface area contributed by atoms with E-state index in [1.807, 2.05) is 6.92 Å². The van der Waals surface area contributed by atoms with Crippen LogP contribution in [0.5, 0.6) is 0 Å². The number of hydrogen-bond acceptors (Lipinski definition) is 11. The fourth-order valence-corrected chi connectivity index (χ4v) is 3.60. The number of rotatable bonds is 6. The lowest BCUT2D eigenvalue weighted by Crippen LogP contribution is -2.63. The molecule has 0 aromatic rings. The maximum Gasteiger partial charge on any atom is 0.189 e. The van der Waals surface area contributed by atoms with Gasteiger partial charge in [0.15, 0.2) is 18.9 Å². The van der Waals surface area contributed by atoms with Crippen molar-refractivity contribution in [1.29, 1.82) is 0 Å². The van der Waals surface area contributed by atoms with Crippen molar-refractivity contribution in [2.45, 2.75) is 67.9 Å². The highest BCUT2D eigenvalue weighted by molar-refractivity contribution is 7.99. The molecule has 5 unspecified atom stereocenters. The molecule has 0 spiro atoms. The van der Waals surface area contributed by atoms with Crippen LogP contribution in [0.4, 0.5) is 0 Å². The Morgan fingerprint density at radius 1 is 0.760 bits per heavy atom. The molecule has 2 rings (SSSR count). The predicted molar refractivity (Wildman–Crippen MR) is 84.4 cm³/mol. The Kier molecular flexibility index (Phi) is 7.85. The van der Waals surface area contributed by atoms with Gasteiger partial charge in [-0.3, -0.25) is 0 Å². The average Bonchev–Trinajstić information content (AvgIpc) is 2.61. The molecule has 2 heterocycles. The van der Waals surface area contributed by atoms with E-state index < -0.39 is 60.9 Å². The van der Waals surface area contributed by atoms with Gasteiger partial charge in [-0.1, -0.05) is 6.92 Å². The van der Waals surface area contributed by atoms with Gasteiger partial charge in [0.1, 0.15) is 42.1 Å². The van der Waals surface area contributed by atoms with Gasteiger partial charge in [-0.25, -0.2) is 0 Å². The largest absolute Gasteiger partial charge is 0.387 e. The minimum absolute atomic E-state index is 0.653. The van der Waals surface area contributed by atoms with Crippen LogP contribution in [0.2, 0.25) is 0 Å². The van der Waals surface area contributed by atoms with Crippen LogP contribution in [0, 0.1) is 0 Å². The van der Waals surface area contributed by atoms with E-state index >= 15 is 0 Å². The molecule has 0 saturated carbocycles. The molecule has 0 radical (unpaired) electrons. The summed E-state index contributed by atoms with van der Waals surface area (Å²) in [6.07, 6.45) is -12.2. The molecule has 10 nitrogen and oxygen atoms in total. The lowest BCUT2D eigenvalue weighted by molar-refractivity contribution is -0.381. The molecule has 2 aliphatic heterocycles. The highest BCUT2D eigenvalue weighted by Crippen LogP contribution is 2.32. The van der Waals surface area contributed by atoms with Gasteiger partial charge >= 0.3 is 0 Å². The summed E-state index contributed by atoms with van der Waals surface area (Å²) in [6, 6.07) is 0. The first-order chi connectivity index (χ1) is 11.8. The van der Waals surface area contributed by atoms with Crippen molar-refractivity contribution in [2.75, 3.05) is 20.0 Å². The van der Waals surface area contributed by atoms with Gasteiger partial charge in [0, 0.05) is 14.2 Å². The lowest BCUT2D eigenvalue weighted by atomic mass is 10.0. The first-order valence-electron chi connectivity index (χ1n) is 7.89. The van der Waals surface area contributed by atoms with E-state index in [0.717, 1.165) is 0 Å². The molecule has 148 valence electrons. The Bertz CT molecular complexity index is 411. The third-order valence-corrected chi connectivity index (χ3v) is 5.17. The fraction of sp³-hybridized carbons (Fsp3) is 1.00. The summed E-state index contributed by atoms with van der Waals surface area (Å²) in [6.45, 7) is 1.88. The van der Waals surface area contributed by atoms with Gasteiger partial charge in [0.2, 0.25) is 0 Å². The molecule has 2 aliphatic rings. The number of ether oxygens (including phenoxy) is 5. The number of thioether (sulfide) groups is 1. The Morgan fingerprint density at radius 2 is 1.36 bits per heavy atom. The molecule has 0 amide bonds. The van der Waals surface area contributed by atoms with Crippen molar-refractivity contribution < 1.29 is 49.2 Å². The zero-order valence-electron chi connectivity index (χ0n) is 14.2. The second kappa shape index (κ2) is 9.24. The smallest absolute Gasteiger partial charge is 0.189 e. The molecule has 0 bridgehead atoms. The summed E-state index contributed by atoms with van der Waals surface area (Å²) in [7, 11) is 2.59. The van der Waals surface area contributed by atoms with Crippen molar-refractivity contribution in [3.8, 4) is 0 Å². The molecular weight excluding hydrogens is 360 g/mol. The molecule has 0 aromatic heterocycles. The zero-order chi connectivity index (χ0) is 18.7. The molecule has 2 fully saturated rings. The van der Waals surface area contributed by atoms with Crippen LogP contribution in [0.15, 0.2) is 0 Å². The third-order valence-electron chi connectivity index (χ3n) is 4.11. The Balaban J connectivity index is 2.11. The SMILES string of the molecule is CCS[C@@H]1O[C@H](OC)C(OC2O[C@H](OC)C(O)[C@H](O)C2O)[C@H](O)C1O. The van der Waals surface area contributed by atoms with Crippen LogP contribution in [-0.2, 0) is 23.7 Å². The van der Waals surface area contributed by atoms with Crippen molar-refractivity contribution in [3.63, 3.8) is 0 Å². The van der Waals surface area contributed by atoms with Crippen LogP contribution >= 0.6 is 11.8 Å². The summed E-state index contributed by atoms with van der Waals surface area (Å²) < 4.78 is 26.4. The Labute approximate surface area is 149 Å². The number of hydrogen-bond donors (Lipinski definition) is 5. The number of methoxy groups -OCH3 is 2. The van der Waals surface area contributed by atoms with Gasteiger partial charge in [-0.05, 0) is 5.75 Å². The third kappa shape index (κ3) is 4.45. The van der Waals surface area contributed by atoms with Crippen molar-refractivity contribution >= 4 is 11.8 Å². The van der Waals surface area contributed by atoms with Crippen molar-refractivity contribution in [2.24, 2.45) is 0 Å². The normalized spacial score (nSPS) is 48.5. The second-order valence-electron chi connectivity index (χ2n) is 5.73. The molecule has 10 atom stereocenters. The van der Waals surface area contributed by atoms with E-state index in [1.165, 1.54) is 26.0 Å². The minimum Gasteiger partial charge on any atom is -0.387 e. The molecular formula is C14H26O10S. The maximum atomic E-state index is 10.4. The number of aliphatic hydroxyl groups is 5. The summed E-state index contributed by atoms with van der Waals surface area (Å²) in [4.78, 5) is 0. The van der Waals surface area contributed by atoms with E-state index in [9.17, 15) is 25.5 Å². The summed E-state index contributed by atoms with van der Waals surface area (Å²) >= 11 is 1.30. The molecule has 0 aromatic carbocycles. The molecule has 2 saturated heterocycles. The van der Waals surface area contributed by atoms with Gasteiger partial charge in [-0.2, -0.15) is 0 Å². The monoisotopic (exact) mass is 386 g/mol.